The van der Waals surface area contributed by atoms with Crippen molar-refractivity contribution < 1.29 is 33.8 Å². The van der Waals surface area contributed by atoms with Crippen LogP contribution in [0.1, 0.15) is 59.1 Å². The third kappa shape index (κ3) is 10.7. The lowest BCUT2D eigenvalue weighted by Gasteiger charge is -2.52. The fourth-order valence-electron chi connectivity index (χ4n) is 5.58. The van der Waals surface area contributed by atoms with E-state index >= 15 is 4.79 Å². The second-order valence-corrected chi connectivity index (χ2v) is 14.1. The number of hydrogen-bond donors (Lipinski definition) is 3. The molecule has 0 bridgehead atoms. The summed E-state index contributed by atoms with van der Waals surface area (Å²) < 4.78 is 9.67. The topological polar surface area (TPSA) is 154 Å². The zero-order valence-electron chi connectivity index (χ0n) is 30.9. The highest BCUT2D eigenvalue weighted by molar-refractivity contribution is 5.89. The van der Waals surface area contributed by atoms with Gasteiger partial charge in [0.1, 0.15) is 0 Å². The standard InChI is InChI=1S/C38H52N6O7/c1-36(2,3)38(49,43(35(48)51-8)27-28-15-10-9-11-16-28)33(46)44(37(4,5)6)42(24-14-23-40-32(45)25-41-34(47)50-7)26-29-18-20-30(21-19-29)31-17-12-13-22-39-31/h9-13,15-22,49H,14,23-27H2,1-8H3,(H,40,45)(H,41,47)/t38-/m1/s1. The molecule has 51 heavy (non-hydrogen) atoms. The van der Waals surface area contributed by atoms with Gasteiger partial charge in [0.25, 0.3) is 5.91 Å². The fraction of sp³-hybridized carbons (Fsp3) is 0.447. The summed E-state index contributed by atoms with van der Waals surface area (Å²) in [5.41, 5.74) is -1.15. The van der Waals surface area contributed by atoms with Crippen LogP contribution in [0.4, 0.5) is 9.59 Å². The molecule has 3 rings (SSSR count). The van der Waals surface area contributed by atoms with Crippen molar-refractivity contribution in [1.82, 2.24) is 30.5 Å². The highest BCUT2D eigenvalue weighted by Gasteiger charge is 2.58. The van der Waals surface area contributed by atoms with Crippen LogP contribution in [-0.4, -0.2) is 94.1 Å². The number of benzene rings is 2. The van der Waals surface area contributed by atoms with Gasteiger partial charge >= 0.3 is 12.2 Å². The fourth-order valence-corrected chi connectivity index (χ4v) is 5.58. The number of amides is 4. The Morgan fingerprint density at radius 2 is 1.41 bits per heavy atom. The number of rotatable bonds is 14. The van der Waals surface area contributed by atoms with E-state index in [9.17, 15) is 19.5 Å². The van der Waals surface area contributed by atoms with E-state index in [1.807, 2.05) is 86.4 Å². The minimum Gasteiger partial charge on any atom is -0.453 e. The molecule has 0 saturated carbocycles. The second kappa shape index (κ2) is 17.8. The van der Waals surface area contributed by atoms with E-state index in [2.05, 4.69) is 20.4 Å². The van der Waals surface area contributed by atoms with E-state index in [1.165, 1.54) is 19.2 Å². The zero-order valence-corrected chi connectivity index (χ0v) is 30.9. The molecule has 3 N–H and O–H groups in total. The highest BCUT2D eigenvalue weighted by Crippen LogP contribution is 2.39. The van der Waals surface area contributed by atoms with Gasteiger partial charge in [-0.25, -0.2) is 14.6 Å². The van der Waals surface area contributed by atoms with Crippen molar-refractivity contribution in [3.8, 4) is 11.3 Å². The van der Waals surface area contributed by atoms with Crippen molar-refractivity contribution >= 4 is 24.0 Å². The van der Waals surface area contributed by atoms with Gasteiger partial charge in [0.15, 0.2) is 0 Å². The number of ether oxygens (including phenoxy) is 2. The molecule has 1 atom stereocenters. The molecule has 0 radical (unpaired) electrons. The smallest absolute Gasteiger partial charge is 0.412 e. The lowest BCUT2D eigenvalue weighted by Crippen LogP contribution is -2.71. The van der Waals surface area contributed by atoms with Crippen molar-refractivity contribution in [2.24, 2.45) is 5.41 Å². The average molecular weight is 705 g/mol. The summed E-state index contributed by atoms with van der Waals surface area (Å²) in [4.78, 5) is 57.9. The lowest BCUT2D eigenvalue weighted by molar-refractivity contribution is -0.223. The Kier molecular flexibility index (Phi) is 14.1. The molecule has 0 aliphatic rings. The van der Waals surface area contributed by atoms with Crippen LogP contribution in [0.3, 0.4) is 0 Å². The Balaban J connectivity index is 2.03. The number of pyridine rings is 1. The summed E-state index contributed by atoms with van der Waals surface area (Å²) in [6.45, 7) is 11.1. The van der Waals surface area contributed by atoms with E-state index in [0.717, 1.165) is 21.7 Å². The van der Waals surface area contributed by atoms with Crippen LogP contribution in [0.25, 0.3) is 11.3 Å². The molecule has 0 aliphatic carbocycles. The monoisotopic (exact) mass is 704 g/mol. The summed E-state index contributed by atoms with van der Waals surface area (Å²) >= 11 is 0. The third-order valence-corrected chi connectivity index (χ3v) is 8.20. The first-order chi connectivity index (χ1) is 24.0. The zero-order chi connectivity index (χ0) is 37.8. The molecule has 3 aromatic rings. The Labute approximate surface area is 300 Å². The number of methoxy groups -OCH3 is 2. The summed E-state index contributed by atoms with van der Waals surface area (Å²) in [5.74, 6) is -1.13. The number of aromatic nitrogens is 1. The summed E-state index contributed by atoms with van der Waals surface area (Å²) in [5, 5.41) is 21.2. The summed E-state index contributed by atoms with van der Waals surface area (Å²) in [6.07, 6.45) is 0.547. The molecule has 0 unspecified atom stereocenters. The molecule has 0 spiro atoms. The Morgan fingerprint density at radius 1 is 0.784 bits per heavy atom. The van der Waals surface area contributed by atoms with Gasteiger partial charge in [0, 0.05) is 36.8 Å². The first-order valence-corrected chi connectivity index (χ1v) is 16.8. The number of nitrogens with zero attached hydrogens (tertiary/aromatic N) is 4. The van der Waals surface area contributed by atoms with Crippen LogP contribution in [-0.2, 0) is 32.2 Å². The number of hydrogen-bond acceptors (Lipinski definition) is 9. The van der Waals surface area contributed by atoms with Gasteiger partial charge in [-0.3, -0.25) is 24.5 Å². The van der Waals surface area contributed by atoms with Crippen LogP contribution in [0.5, 0.6) is 0 Å². The maximum Gasteiger partial charge on any atom is 0.412 e. The van der Waals surface area contributed by atoms with Crippen LogP contribution in [0.15, 0.2) is 79.0 Å². The number of carbonyl (C=O) groups is 4. The van der Waals surface area contributed by atoms with E-state index in [-0.39, 0.29) is 32.7 Å². The number of aliphatic hydroxyl groups is 1. The van der Waals surface area contributed by atoms with E-state index in [1.54, 1.807) is 39.1 Å². The van der Waals surface area contributed by atoms with Gasteiger partial charge in [-0.05, 0) is 50.5 Å². The van der Waals surface area contributed by atoms with Crippen molar-refractivity contribution in [2.75, 3.05) is 33.9 Å². The van der Waals surface area contributed by atoms with Crippen LogP contribution >= 0.6 is 0 Å². The predicted molar refractivity (Wildman–Crippen MR) is 194 cm³/mol. The van der Waals surface area contributed by atoms with Gasteiger partial charge in [-0.15, -0.1) is 0 Å². The molecule has 2 aromatic carbocycles. The van der Waals surface area contributed by atoms with Crippen LogP contribution < -0.4 is 10.6 Å². The lowest BCUT2D eigenvalue weighted by atomic mass is 9.80. The quantitative estimate of drug-likeness (QED) is 0.120. The van der Waals surface area contributed by atoms with Crippen molar-refractivity contribution in [3.63, 3.8) is 0 Å². The van der Waals surface area contributed by atoms with E-state index in [0.29, 0.717) is 12.0 Å². The van der Waals surface area contributed by atoms with Gasteiger partial charge in [-0.1, -0.05) is 81.4 Å². The molecule has 276 valence electrons. The Hall–Kier alpha value is -5.01. The SMILES string of the molecule is COC(=O)NCC(=O)NCCCN(Cc1ccc(-c2ccccn2)cc1)N(C(=O)[C@](O)(N(Cc1ccccc1)C(=O)OC)C(C)(C)C)C(C)(C)C. The highest BCUT2D eigenvalue weighted by atomic mass is 16.5. The molecule has 4 amide bonds. The molecule has 0 aliphatic heterocycles. The van der Waals surface area contributed by atoms with Crippen molar-refractivity contribution in [3.05, 3.63) is 90.1 Å². The Bertz CT molecular complexity index is 1590. The van der Waals surface area contributed by atoms with Gasteiger partial charge < -0.3 is 25.2 Å². The molecule has 0 fully saturated rings. The predicted octanol–water partition coefficient (Wildman–Crippen LogP) is 4.96. The maximum atomic E-state index is 15.2. The summed E-state index contributed by atoms with van der Waals surface area (Å²) in [7, 11) is 2.42. The number of alkyl carbamates (subject to hydrolysis) is 1. The molecule has 13 nitrogen and oxygen atoms in total. The molecular weight excluding hydrogens is 652 g/mol. The van der Waals surface area contributed by atoms with Crippen LogP contribution in [0.2, 0.25) is 0 Å². The van der Waals surface area contributed by atoms with Crippen molar-refractivity contribution in [1.29, 1.82) is 0 Å². The van der Waals surface area contributed by atoms with Gasteiger partial charge in [-0.2, -0.15) is 0 Å². The largest absolute Gasteiger partial charge is 0.453 e. The van der Waals surface area contributed by atoms with E-state index in [4.69, 9.17) is 4.74 Å². The maximum absolute atomic E-state index is 15.2. The van der Waals surface area contributed by atoms with Crippen molar-refractivity contribution in [2.45, 2.75) is 72.3 Å². The second-order valence-electron chi connectivity index (χ2n) is 14.1. The normalized spacial score (nSPS) is 12.7. The third-order valence-electron chi connectivity index (χ3n) is 8.20. The first kappa shape index (κ1) is 40.4. The van der Waals surface area contributed by atoms with Gasteiger partial charge in [0.05, 0.1) is 38.5 Å². The minimum absolute atomic E-state index is 0.0916. The molecule has 13 heteroatoms. The molecule has 1 heterocycles. The van der Waals surface area contributed by atoms with E-state index < -0.39 is 40.7 Å². The number of hydrazine groups is 1. The summed E-state index contributed by atoms with van der Waals surface area (Å²) in [6, 6.07) is 22.6. The number of carbonyl (C=O) groups excluding carboxylic acids is 4. The van der Waals surface area contributed by atoms with Gasteiger partial charge in [0.2, 0.25) is 11.6 Å². The Morgan fingerprint density at radius 3 is 1.96 bits per heavy atom. The van der Waals surface area contributed by atoms with Crippen LogP contribution in [0, 0.1) is 5.41 Å². The minimum atomic E-state index is -2.38. The molecule has 0 saturated heterocycles. The molecular formula is C38H52N6O7. The molecule has 1 aromatic heterocycles. The number of nitrogens with one attached hydrogen (secondary N) is 2. The first-order valence-electron chi connectivity index (χ1n) is 16.8. The average Bonchev–Trinajstić information content (AvgIpc) is 3.10.